The minimum atomic E-state index is -0.510. The van der Waals surface area contributed by atoms with Crippen molar-refractivity contribution in [3.05, 3.63) is 59.2 Å². The van der Waals surface area contributed by atoms with Gasteiger partial charge in [-0.3, -0.25) is 4.79 Å². The summed E-state index contributed by atoms with van der Waals surface area (Å²) < 4.78 is 11.4. The van der Waals surface area contributed by atoms with E-state index in [1.54, 1.807) is 7.11 Å². The molecule has 144 valence electrons. The van der Waals surface area contributed by atoms with Crippen molar-refractivity contribution >= 4 is 5.91 Å². The van der Waals surface area contributed by atoms with Crippen LogP contribution in [0.4, 0.5) is 0 Å². The molecule has 27 heavy (non-hydrogen) atoms. The van der Waals surface area contributed by atoms with Gasteiger partial charge in [-0.15, -0.1) is 0 Å². The quantitative estimate of drug-likeness (QED) is 0.777. The summed E-state index contributed by atoms with van der Waals surface area (Å²) in [6.07, 6.45) is 4.83. The predicted molar refractivity (Wildman–Crippen MR) is 107 cm³/mol. The molecule has 1 N–H and O–H groups in total. The zero-order chi connectivity index (χ0) is 19.2. The molecule has 0 fully saturated rings. The van der Waals surface area contributed by atoms with E-state index in [-0.39, 0.29) is 11.9 Å². The molecule has 4 nitrogen and oxygen atoms in total. The van der Waals surface area contributed by atoms with Crippen molar-refractivity contribution in [3.63, 3.8) is 0 Å². The fourth-order valence-corrected chi connectivity index (χ4v) is 3.68. The van der Waals surface area contributed by atoms with E-state index in [0.29, 0.717) is 6.42 Å². The molecule has 4 heteroatoms. The van der Waals surface area contributed by atoms with E-state index in [9.17, 15) is 4.79 Å². The van der Waals surface area contributed by atoms with Crippen LogP contribution in [0.25, 0.3) is 0 Å². The van der Waals surface area contributed by atoms with E-state index in [2.05, 4.69) is 17.4 Å². The fourth-order valence-electron chi connectivity index (χ4n) is 3.68. The van der Waals surface area contributed by atoms with Crippen LogP contribution in [0.2, 0.25) is 0 Å². The molecule has 3 rings (SSSR count). The molecule has 2 atom stereocenters. The van der Waals surface area contributed by atoms with Gasteiger partial charge in [0.1, 0.15) is 11.5 Å². The van der Waals surface area contributed by atoms with Crippen LogP contribution >= 0.6 is 0 Å². The Morgan fingerprint density at radius 3 is 2.59 bits per heavy atom. The van der Waals surface area contributed by atoms with E-state index in [4.69, 9.17) is 9.47 Å². The van der Waals surface area contributed by atoms with E-state index >= 15 is 0 Å². The number of para-hydroxylation sites is 1. The van der Waals surface area contributed by atoms with Crippen molar-refractivity contribution < 1.29 is 14.3 Å². The summed E-state index contributed by atoms with van der Waals surface area (Å²) in [5, 5.41) is 3.06. The van der Waals surface area contributed by atoms with Crippen LogP contribution < -0.4 is 14.8 Å². The predicted octanol–water partition coefficient (Wildman–Crippen LogP) is 4.61. The SMILES string of the molecule is CC[C@H](Oc1ccc2c(c1)CCCC2)C(=O)N[C@@H](C)c1ccccc1OC. The third-order valence-corrected chi connectivity index (χ3v) is 5.23. The molecule has 0 bridgehead atoms. The molecule has 1 aliphatic carbocycles. The Morgan fingerprint density at radius 1 is 1.11 bits per heavy atom. The van der Waals surface area contributed by atoms with Crippen LogP contribution in [0.15, 0.2) is 42.5 Å². The standard InChI is InChI=1S/C23H29NO3/c1-4-21(27-19-14-13-17-9-5-6-10-18(17)15-19)23(25)24-16(2)20-11-7-8-12-22(20)26-3/h7-8,11-16,21H,4-6,9-10H2,1-3H3,(H,24,25)/t16-,21-/m0/s1. The Bertz CT molecular complexity index is 787. The van der Waals surface area contributed by atoms with Gasteiger partial charge in [0.15, 0.2) is 6.10 Å². The number of rotatable bonds is 7. The maximum Gasteiger partial charge on any atom is 0.261 e. The molecule has 2 aromatic carbocycles. The third kappa shape index (κ3) is 4.62. The Hall–Kier alpha value is -2.49. The third-order valence-electron chi connectivity index (χ3n) is 5.23. The maximum atomic E-state index is 12.8. The second-order valence-corrected chi connectivity index (χ2v) is 7.12. The van der Waals surface area contributed by atoms with Gasteiger partial charge in [0.05, 0.1) is 13.2 Å². The first-order valence-corrected chi connectivity index (χ1v) is 9.84. The minimum Gasteiger partial charge on any atom is -0.496 e. The van der Waals surface area contributed by atoms with Gasteiger partial charge in [-0.05, 0) is 68.4 Å². The minimum absolute atomic E-state index is 0.103. The normalized spacial score (nSPS) is 15.4. The molecule has 1 amide bonds. The first-order chi connectivity index (χ1) is 13.1. The second kappa shape index (κ2) is 8.94. The van der Waals surface area contributed by atoms with E-state index < -0.39 is 6.10 Å². The molecule has 0 aromatic heterocycles. The number of fused-ring (bicyclic) bond motifs is 1. The number of carbonyl (C=O) groups excluding carboxylic acids is 1. The number of hydrogen-bond acceptors (Lipinski definition) is 3. The number of nitrogens with one attached hydrogen (secondary N) is 1. The number of carbonyl (C=O) groups is 1. The largest absolute Gasteiger partial charge is 0.496 e. The van der Waals surface area contributed by atoms with E-state index in [1.165, 1.54) is 24.0 Å². The average molecular weight is 367 g/mol. The topological polar surface area (TPSA) is 47.6 Å². The van der Waals surface area contributed by atoms with Crippen LogP contribution in [-0.2, 0) is 17.6 Å². The van der Waals surface area contributed by atoms with Gasteiger partial charge in [-0.2, -0.15) is 0 Å². The zero-order valence-electron chi connectivity index (χ0n) is 16.5. The second-order valence-electron chi connectivity index (χ2n) is 7.12. The summed E-state index contributed by atoms with van der Waals surface area (Å²) in [5.41, 5.74) is 3.73. The van der Waals surface area contributed by atoms with Gasteiger partial charge < -0.3 is 14.8 Å². The molecule has 0 aliphatic heterocycles. The van der Waals surface area contributed by atoms with Crippen LogP contribution in [-0.4, -0.2) is 19.1 Å². The Balaban J connectivity index is 1.67. The van der Waals surface area contributed by atoms with Gasteiger partial charge >= 0.3 is 0 Å². The van der Waals surface area contributed by atoms with Crippen LogP contribution in [0.1, 0.15) is 55.8 Å². The fraction of sp³-hybridized carbons (Fsp3) is 0.435. The molecule has 0 radical (unpaired) electrons. The number of ether oxygens (including phenoxy) is 2. The van der Waals surface area contributed by atoms with Crippen molar-refractivity contribution in [2.45, 2.75) is 58.1 Å². The average Bonchev–Trinajstić information content (AvgIpc) is 2.71. The van der Waals surface area contributed by atoms with Crippen molar-refractivity contribution in [2.75, 3.05) is 7.11 Å². The molecule has 1 aliphatic rings. The van der Waals surface area contributed by atoms with Crippen molar-refractivity contribution in [1.29, 1.82) is 0 Å². The molecule has 0 saturated heterocycles. The van der Waals surface area contributed by atoms with Crippen LogP contribution in [0.5, 0.6) is 11.5 Å². The highest BCUT2D eigenvalue weighted by atomic mass is 16.5. The van der Waals surface area contributed by atoms with Gasteiger partial charge in [0.2, 0.25) is 0 Å². The van der Waals surface area contributed by atoms with Crippen LogP contribution in [0.3, 0.4) is 0 Å². The summed E-state index contributed by atoms with van der Waals surface area (Å²) in [4.78, 5) is 12.8. The smallest absolute Gasteiger partial charge is 0.261 e. The summed E-state index contributed by atoms with van der Waals surface area (Å²) in [7, 11) is 1.64. The van der Waals surface area contributed by atoms with Crippen molar-refractivity contribution in [2.24, 2.45) is 0 Å². The first kappa shape index (κ1) is 19.3. The van der Waals surface area contributed by atoms with Gasteiger partial charge in [0, 0.05) is 5.56 Å². The zero-order valence-corrected chi connectivity index (χ0v) is 16.5. The highest BCUT2D eigenvalue weighted by molar-refractivity contribution is 5.81. The molecular formula is C23H29NO3. The Labute approximate surface area is 161 Å². The lowest BCUT2D eigenvalue weighted by atomic mass is 9.92. The Morgan fingerprint density at radius 2 is 1.85 bits per heavy atom. The van der Waals surface area contributed by atoms with Gasteiger partial charge in [-0.1, -0.05) is 31.2 Å². The molecule has 0 saturated carbocycles. The number of amides is 1. The summed E-state index contributed by atoms with van der Waals surface area (Å²) >= 11 is 0. The van der Waals surface area contributed by atoms with Crippen molar-refractivity contribution in [1.82, 2.24) is 5.32 Å². The van der Waals surface area contributed by atoms with Crippen LogP contribution in [0, 0.1) is 0 Å². The molecule has 0 spiro atoms. The van der Waals surface area contributed by atoms with Crippen molar-refractivity contribution in [3.8, 4) is 11.5 Å². The number of hydrogen-bond donors (Lipinski definition) is 1. The lowest BCUT2D eigenvalue weighted by Gasteiger charge is -2.23. The first-order valence-electron chi connectivity index (χ1n) is 9.84. The summed E-state index contributed by atoms with van der Waals surface area (Å²) in [6.45, 7) is 3.93. The van der Waals surface area contributed by atoms with E-state index in [0.717, 1.165) is 29.9 Å². The lowest BCUT2D eigenvalue weighted by Crippen LogP contribution is -2.39. The van der Waals surface area contributed by atoms with Gasteiger partial charge in [0.25, 0.3) is 5.91 Å². The molecule has 0 unspecified atom stereocenters. The molecule has 2 aromatic rings. The summed E-state index contributed by atoms with van der Waals surface area (Å²) in [5.74, 6) is 1.45. The monoisotopic (exact) mass is 367 g/mol. The number of methoxy groups -OCH3 is 1. The maximum absolute atomic E-state index is 12.8. The highest BCUT2D eigenvalue weighted by Gasteiger charge is 2.22. The molecular weight excluding hydrogens is 338 g/mol. The number of benzene rings is 2. The Kier molecular flexibility index (Phi) is 6.38. The number of aryl methyl sites for hydroxylation is 2. The lowest BCUT2D eigenvalue weighted by molar-refractivity contribution is -0.128. The highest BCUT2D eigenvalue weighted by Crippen LogP contribution is 2.27. The van der Waals surface area contributed by atoms with Gasteiger partial charge in [-0.25, -0.2) is 0 Å². The summed E-state index contributed by atoms with van der Waals surface area (Å²) in [6, 6.07) is 13.8. The molecule has 0 heterocycles. The van der Waals surface area contributed by atoms with E-state index in [1.807, 2.05) is 44.2 Å².